The Balaban J connectivity index is 1.55. The fraction of sp³-hybridized carbons (Fsp3) is 0.333. The van der Waals surface area contributed by atoms with Crippen LogP contribution in [0.15, 0.2) is 35.6 Å². The number of nitrogens with two attached hydrogens (primary N) is 1. The molecule has 2 aliphatic rings. The van der Waals surface area contributed by atoms with Crippen LogP contribution in [0.4, 0.5) is 10.2 Å². The van der Waals surface area contributed by atoms with E-state index in [0.717, 1.165) is 24.0 Å². The summed E-state index contributed by atoms with van der Waals surface area (Å²) in [6.07, 6.45) is 10.2. The monoisotopic (exact) mass is 434 g/mol. The van der Waals surface area contributed by atoms with Crippen molar-refractivity contribution in [1.29, 1.82) is 0 Å². The van der Waals surface area contributed by atoms with Gasteiger partial charge < -0.3 is 15.8 Å². The van der Waals surface area contributed by atoms with Gasteiger partial charge in [0.2, 0.25) is 6.23 Å². The first kappa shape index (κ1) is 20.0. The SMILES string of the molecule is NC=C(C=NC1CCCCC1)c1cnc2c(c1)O[C@@H](c1c(Cl)ccc(F)c1Cl)N2. The zero-order chi connectivity index (χ0) is 20.4. The molecule has 0 unspecified atom stereocenters. The predicted molar refractivity (Wildman–Crippen MR) is 115 cm³/mol. The average Bonchev–Trinajstić information content (AvgIpc) is 3.15. The van der Waals surface area contributed by atoms with Crippen molar-refractivity contribution in [2.75, 3.05) is 5.32 Å². The molecule has 0 spiro atoms. The molecule has 1 aromatic heterocycles. The predicted octanol–water partition coefficient (Wildman–Crippen LogP) is 5.73. The number of hydrogen-bond acceptors (Lipinski definition) is 5. The van der Waals surface area contributed by atoms with E-state index in [9.17, 15) is 4.39 Å². The summed E-state index contributed by atoms with van der Waals surface area (Å²) in [7, 11) is 0. The van der Waals surface area contributed by atoms with Crippen LogP contribution in [-0.4, -0.2) is 17.2 Å². The molecule has 8 heteroatoms. The molecule has 3 N–H and O–H groups in total. The molecule has 5 nitrogen and oxygen atoms in total. The average molecular weight is 435 g/mol. The van der Waals surface area contributed by atoms with Crippen molar-refractivity contribution in [3.63, 3.8) is 0 Å². The maximum atomic E-state index is 13.9. The van der Waals surface area contributed by atoms with E-state index in [0.29, 0.717) is 28.2 Å². The molecule has 152 valence electrons. The van der Waals surface area contributed by atoms with Crippen molar-refractivity contribution in [3.05, 3.63) is 57.6 Å². The molecule has 0 saturated heterocycles. The van der Waals surface area contributed by atoms with Crippen molar-refractivity contribution in [2.24, 2.45) is 10.7 Å². The lowest BCUT2D eigenvalue weighted by atomic mass is 9.96. The standard InChI is InChI=1S/C21H21Cl2FN4O/c22-15-6-7-16(24)19(23)18(15)21-28-20-17(29-21)8-12(10-27-20)13(9-25)11-26-14-4-2-1-3-5-14/h6-11,14,21H,1-5,25H2,(H,27,28)/t21-/m0/s1. The third-order valence-electron chi connectivity index (χ3n) is 5.22. The second kappa shape index (κ2) is 8.59. The molecule has 1 aromatic carbocycles. The van der Waals surface area contributed by atoms with Crippen molar-refractivity contribution >= 4 is 40.8 Å². The molecule has 1 aliphatic heterocycles. The fourth-order valence-electron chi connectivity index (χ4n) is 3.63. The van der Waals surface area contributed by atoms with Crippen molar-refractivity contribution in [1.82, 2.24) is 4.98 Å². The molecular weight excluding hydrogens is 414 g/mol. The van der Waals surface area contributed by atoms with Gasteiger partial charge in [0.25, 0.3) is 0 Å². The molecule has 1 saturated carbocycles. The molecule has 0 radical (unpaired) electrons. The zero-order valence-electron chi connectivity index (χ0n) is 15.7. The topological polar surface area (TPSA) is 72.5 Å². The number of rotatable bonds is 4. The number of fused-ring (bicyclic) bond motifs is 1. The molecule has 0 amide bonds. The van der Waals surface area contributed by atoms with Crippen LogP contribution in [0.2, 0.25) is 10.0 Å². The van der Waals surface area contributed by atoms with Gasteiger partial charge in [0.15, 0.2) is 11.6 Å². The Labute approximate surface area is 178 Å². The smallest absolute Gasteiger partial charge is 0.200 e. The van der Waals surface area contributed by atoms with E-state index in [4.69, 9.17) is 33.7 Å². The quantitative estimate of drug-likeness (QED) is 0.475. The fourth-order valence-corrected chi connectivity index (χ4v) is 4.19. The maximum absolute atomic E-state index is 13.9. The number of halogens is 3. The minimum absolute atomic E-state index is 0.0785. The van der Waals surface area contributed by atoms with E-state index in [1.165, 1.54) is 37.6 Å². The van der Waals surface area contributed by atoms with E-state index in [1.807, 2.05) is 6.07 Å². The first-order valence-corrected chi connectivity index (χ1v) is 10.3. The van der Waals surface area contributed by atoms with Crippen molar-refractivity contribution in [2.45, 2.75) is 44.4 Å². The Morgan fingerprint density at radius 3 is 2.83 bits per heavy atom. The van der Waals surface area contributed by atoms with Gasteiger partial charge in [-0.25, -0.2) is 9.37 Å². The van der Waals surface area contributed by atoms with Crippen LogP contribution in [0.3, 0.4) is 0 Å². The number of pyridine rings is 1. The third-order valence-corrected chi connectivity index (χ3v) is 5.93. The Hall–Kier alpha value is -2.31. The summed E-state index contributed by atoms with van der Waals surface area (Å²) in [6, 6.07) is 4.83. The molecule has 1 atom stereocenters. The molecule has 2 aromatic rings. The van der Waals surface area contributed by atoms with E-state index in [2.05, 4.69) is 15.3 Å². The molecule has 2 heterocycles. The summed E-state index contributed by atoms with van der Waals surface area (Å²) in [5, 5.41) is 3.31. The highest BCUT2D eigenvalue weighted by Gasteiger charge is 2.30. The number of anilines is 1. The lowest BCUT2D eigenvalue weighted by molar-refractivity contribution is 0.259. The molecular formula is C21H21Cl2FN4O. The second-order valence-electron chi connectivity index (χ2n) is 7.16. The molecule has 1 fully saturated rings. The van der Waals surface area contributed by atoms with Crippen LogP contribution >= 0.6 is 23.2 Å². The normalized spacial score (nSPS) is 19.8. The van der Waals surface area contributed by atoms with Crippen LogP contribution < -0.4 is 15.8 Å². The van der Waals surface area contributed by atoms with E-state index in [1.54, 1.807) is 12.4 Å². The number of benzene rings is 1. The maximum Gasteiger partial charge on any atom is 0.200 e. The molecule has 29 heavy (non-hydrogen) atoms. The highest BCUT2D eigenvalue weighted by atomic mass is 35.5. The van der Waals surface area contributed by atoms with Crippen LogP contribution in [0.1, 0.15) is 49.5 Å². The molecule has 4 rings (SSSR count). The van der Waals surface area contributed by atoms with Gasteiger partial charge in [-0.3, -0.25) is 4.99 Å². The number of aromatic nitrogens is 1. The van der Waals surface area contributed by atoms with E-state index >= 15 is 0 Å². The Morgan fingerprint density at radius 1 is 1.28 bits per heavy atom. The number of hydrogen-bond donors (Lipinski definition) is 2. The summed E-state index contributed by atoms with van der Waals surface area (Å²) in [4.78, 5) is 9.09. The summed E-state index contributed by atoms with van der Waals surface area (Å²) in [5.41, 5.74) is 7.71. The lowest BCUT2D eigenvalue weighted by Gasteiger charge is -2.17. The largest absolute Gasteiger partial charge is 0.462 e. The first-order valence-electron chi connectivity index (χ1n) is 9.59. The van der Waals surface area contributed by atoms with Gasteiger partial charge in [0.1, 0.15) is 5.82 Å². The van der Waals surface area contributed by atoms with Gasteiger partial charge in [-0.2, -0.15) is 0 Å². The minimum atomic E-state index is -0.732. The highest BCUT2D eigenvalue weighted by molar-refractivity contribution is 6.36. The number of ether oxygens (including phenoxy) is 1. The molecule has 1 aliphatic carbocycles. The summed E-state index contributed by atoms with van der Waals surface area (Å²) in [5.74, 6) is 0.471. The van der Waals surface area contributed by atoms with Crippen molar-refractivity contribution < 1.29 is 9.13 Å². The van der Waals surface area contributed by atoms with Crippen LogP contribution in [0.25, 0.3) is 5.57 Å². The first-order chi connectivity index (χ1) is 14.1. The highest BCUT2D eigenvalue weighted by Crippen LogP contribution is 2.42. The number of allylic oxidation sites excluding steroid dienone is 1. The zero-order valence-corrected chi connectivity index (χ0v) is 17.2. The Morgan fingerprint density at radius 2 is 2.07 bits per heavy atom. The van der Waals surface area contributed by atoms with Gasteiger partial charge in [-0.05, 0) is 31.0 Å². The van der Waals surface area contributed by atoms with Gasteiger partial charge in [0, 0.05) is 35.8 Å². The van der Waals surface area contributed by atoms with Gasteiger partial charge >= 0.3 is 0 Å². The van der Waals surface area contributed by atoms with Gasteiger partial charge in [0.05, 0.1) is 15.6 Å². The van der Waals surface area contributed by atoms with Crippen LogP contribution in [0, 0.1) is 5.82 Å². The van der Waals surface area contributed by atoms with Gasteiger partial charge in [-0.1, -0.05) is 42.5 Å². The number of nitrogens with one attached hydrogen (secondary N) is 1. The molecule has 0 bridgehead atoms. The van der Waals surface area contributed by atoms with Crippen molar-refractivity contribution in [3.8, 4) is 5.75 Å². The van der Waals surface area contributed by atoms with Crippen LogP contribution in [0.5, 0.6) is 5.75 Å². The lowest BCUT2D eigenvalue weighted by Crippen LogP contribution is -2.12. The Kier molecular flexibility index (Phi) is 5.92. The van der Waals surface area contributed by atoms with Gasteiger partial charge in [-0.15, -0.1) is 0 Å². The van der Waals surface area contributed by atoms with E-state index < -0.39 is 12.0 Å². The summed E-state index contributed by atoms with van der Waals surface area (Å²) in [6.45, 7) is 0. The summed E-state index contributed by atoms with van der Waals surface area (Å²) >= 11 is 12.3. The summed E-state index contributed by atoms with van der Waals surface area (Å²) < 4.78 is 19.8. The van der Waals surface area contributed by atoms with E-state index in [-0.39, 0.29) is 5.02 Å². The second-order valence-corrected chi connectivity index (χ2v) is 7.95. The number of aliphatic imine (C=N–C) groups is 1. The minimum Gasteiger partial charge on any atom is -0.462 e. The third kappa shape index (κ3) is 4.19. The van der Waals surface area contributed by atoms with Crippen LogP contribution in [-0.2, 0) is 0 Å². The number of nitrogens with zero attached hydrogens (tertiary/aromatic N) is 2. The Bertz CT molecular complexity index is 973.